The molecule has 6 nitrogen and oxygen atoms in total. The molecule has 0 aromatic rings. The minimum atomic E-state index is -0.799. The Hall–Kier alpha value is -2.70. The molecule has 358 valence electrons. The molecule has 0 bridgehead atoms. The smallest absolute Gasteiger partial charge is 0.306 e. The predicted molar refractivity (Wildman–Crippen MR) is 268 cm³/mol. The number of aliphatic hydroxyl groups is 2. The second-order valence-electron chi connectivity index (χ2n) is 17.5. The van der Waals surface area contributed by atoms with Crippen molar-refractivity contribution in [1.82, 2.24) is 5.32 Å². The molecule has 0 saturated heterocycles. The molecule has 6 heteroatoms. The van der Waals surface area contributed by atoms with Crippen LogP contribution in [-0.2, 0) is 14.3 Å². The monoisotopic (exact) mass is 866 g/mol. The number of carbonyl (C=O) groups excluding carboxylic acids is 2. The zero-order valence-corrected chi connectivity index (χ0v) is 40.7. The highest BCUT2D eigenvalue weighted by atomic mass is 16.5. The zero-order chi connectivity index (χ0) is 45.2. The lowest BCUT2D eigenvalue weighted by Gasteiger charge is -2.24. The highest BCUT2D eigenvalue weighted by Crippen LogP contribution is 2.17. The predicted octanol–water partition coefficient (Wildman–Crippen LogP) is 15.8. The van der Waals surface area contributed by atoms with E-state index in [9.17, 15) is 19.8 Å². The Morgan fingerprint density at radius 3 is 1.32 bits per heavy atom. The van der Waals surface area contributed by atoms with Crippen LogP contribution in [0.25, 0.3) is 0 Å². The van der Waals surface area contributed by atoms with Gasteiger partial charge in [-0.3, -0.25) is 9.59 Å². The van der Waals surface area contributed by atoms with E-state index >= 15 is 0 Å². The number of carbonyl (C=O) groups is 2. The van der Waals surface area contributed by atoms with E-state index in [2.05, 4.69) is 99.0 Å². The molecule has 0 aromatic carbocycles. The molecule has 1 amide bonds. The molecule has 0 heterocycles. The number of rotatable bonds is 46. The van der Waals surface area contributed by atoms with Crippen LogP contribution in [0.4, 0.5) is 0 Å². The molecule has 0 aliphatic rings. The largest absolute Gasteiger partial charge is 0.462 e. The van der Waals surface area contributed by atoms with Crippen molar-refractivity contribution in [3.05, 3.63) is 72.9 Å². The van der Waals surface area contributed by atoms with Gasteiger partial charge in [0, 0.05) is 6.42 Å². The second kappa shape index (κ2) is 49.3. The zero-order valence-electron chi connectivity index (χ0n) is 40.7. The molecule has 0 aliphatic heterocycles. The summed E-state index contributed by atoms with van der Waals surface area (Å²) >= 11 is 0. The van der Waals surface area contributed by atoms with Crippen LogP contribution in [0.1, 0.15) is 245 Å². The van der Waals surface area contributed by atoms with Crippen LogP contribution < -0.4 is 5.32 Å². The van der Waals surface area contributed by atoms with Crippen molar-refractivity contribution in [2.24, 2.45) is 0 Å². The van der Waals surface area contributed by atoms with Gasteiger partial charge in [0.2, 0.25) is 5.91 Å². The lowest BCUT2D eigenvalue weighted by molar-refractivity contribution is -0.151. The summed E-state index contributed by atoms with van der Waals surface area (Å²) < 4.78 is 5.93. The van der Waals surface area contributed by atoms with Gasteiger partial charge in [0.1, 0.15) is 6.10 Å². The van der Waals surface area contributed by atoms with Crippen LogP contribution in [0, 0.1) is 0 Å². The van der Waals surface area contributed by atoms with Crippen molar-refractivity contribution >= 4 is 11.9 Å². The molecular formula is C56H99NO5. The number of aliphatic hydroxyl groups excluding tert-OH is 2. The molecular weight excluding hydrogens is 767 g/mol. The van der Waals surface area contributed by atoms with Crippen molar-refractivity contribution < 1.29 is 24.5 Å². The van der Waals surface area contributed by atoms with Gasteiger partial charge in [0.25, 0.3) is 0 Å². The van der Waals surface area contributed by atoms with E-state index in [0.29, 0.717) is 19.3 Å². The minimum absolute atomic E-state index is 0.0548. The number of unbranched alkanes of at least 4 members (excludes halogenated alkanes) is 22. The van der Waals surface area contributed by atoms with Crippen LogP contribution in [-0.4, -0.2) is 46.9 Å². The number of nitrogens with one attached hydrogen (secondary N) is 1. The van der Waals surface area contributed by atoms with Gasteiger partial charge in [-0.15, -0.1) is 0 Å². The summed E-state index contributed by atoms with van der Waals surface area (Å²) in [5.41, 5.74) is 0. The maximum atomic E-state index is 13.2. The molecule has 3 atom stereocenters. The molecule has 3 N–H and O–H groups in total. The lowest BCUT2D eigenvalue weighted by atomic mass is 10.0. The first-order valence-electron chi connectivity index (χ1n) is 26.2. The van der Waals surface area contributed by atoms with Crippen molar-refractivity contribution in [3.8, 4) is 0 Å². The van der Waals surface area contributed by atoms with Gasteiger partial charge in [-0.1, -0.05) is 216 Å². The lowest BCUT2D eigenvalue weighted by Crippen LogP contribution is -2.46. The molecule has 0 aromatic heterocycles. The maximum Gasteiger partial charge on any atom is 0.306 e. The third-order valence-corrected chi connectivity index (χ3v) is 11.5. The molecule has 0 aliphatic carbocycles. The van der Waals surface area contributed by atoms with E-state index in [1.165, 1.54) is 83.5 Å². The second-order valence-corrected chi connectivity index (χ2v) is 17.5. The van der Waals surface area contributed by atoms with E-state index in [4.69, 9.17) is 4.74 Å². The van der Waals surface area contributed by atoms with E-state index in [-0.39, 0.29) is 24.9 Å². The van der Waals surface area contributed by atoms with Crippen molar-refractivity contribution in [1.29, 1.82) is 0 Å². The van der Waals surface area contributed by atoms with Crippen LogP contribution >= 0.6 is 0 Å². The number of hydrogen-bond donors (Lipinski definition) is 3. The van der Waals surface area contributed by atoms with Gasteiger partial charge in [-0.05, 0) is 89.9 Å². The highest BCUT2D eigenvalue weighted by Gasteiger charge is 2.24. The molecule has 0 radical (unpaired) electrons. The molecule has 0 saturated carbocycles. The van der Waals surface area contributed by atoms with E-state index < -0.39 is 18.2 Å². The highest BCUT2D eigenvalue weighted by molar-refractivity contribution is 5.77. The SMILES string of the molecule is CC/C=C/C/C=C/C/C=C/CCCCCCCCC(=O)OC(CCCCCC/C=C/C/C=C/C/C=C/CC)CC(=O)NC(CO)C(O)CCCCCCCCCCCCCCC. The molecule has 0 spiro atoms. The Morgan fingerprint density at radius 1 is 0.484 bits per heavy atom. The summed E-state index contributed by atoms with van der Waals surface area (Å²) in [6.45, 7) is 6.25. The van der Waals surface area contributed by atoms with E-state index in [1.807, 2.05) is 0 Å². The summed E-state index contributed by atoms with van der Waals surface area (Å²) in [4.78, 5) is 26.2. The first-order valence-corrected chi connectivity index (χ1v) is 26.2. The van der Waals surface area contributed by atoms with E-state index in [0.717, 1.165) is 116 Å². The van der Waals surface area contributed by atoms with Gasteiger partial charge in [0.05, 0.1) is 25.2 Å². The number of ether oxygens (including phenoxy) is 1. The van der Waals surface area contributed by atoms with Gasteiger partial charge in [0.15, 0.2) is 0 Å². The molecule has 62 heavy (non-hydrogen) atoms. The Bertz CT molecular complexity index is 1150. The first kappa shape index (κ1) is 59.3. The van der Waals surface area contributed by atoms with Crippen molar-refractivity contribution in [2.45, 2.75) is 264 Å². The first-order chi connectivity index (χ1) is 30.5. The van der Waals surface area contributed by atoms with Crippen LogP contribution in [0.5, 0.6) is 0 Å². The van der Waals surface area contributed by atoms with Crippen LogP contribution in [0.15, 0.2) is 72.9 Å². The quantitative estimate of drug-likeness (QED) is 0.0322. The Labute approximate surface area is 383 Å². The molecule has 0 rings (SSSR count). The molecule has 3 unspecified atom stereocenters. The Morgan fingerprint density at radius 2 is 0.871 bits per heavy atom. The normalized spacial score (nSPS) is 13.8. The van der Waals surface area contributed by atoms with Crippen LogP contribution in [0.3, 0.4) is 0 Å². The fourth-order valence-electron chi connectivity index (χ4n) is 7.64. The third-order valence-electron chi connectivity index (χ3n) is 11.5. The van der Waals surface area contributed by atoms with Crippen molar-refractivity contribution in [3.63, 3.8) is 0 Å². The summed E-state index contributed by atoms with van der Waals surface area (Å²) in [7, 11) is 0. The number of esters is 1. The standard InChI is InChI=1S/C56H99NO5/c1-4-7-10-13-16-19-22-25-27-28-31-34-37-40-43-46-49-56(61)62-52(47-44-41-38-35-32-30-26-23-20-17-14-11-8-5-2)50-55(60)57-53(51-58)54(59)48-45-42-39-36-33-29-24-21-18-15-12-9-6-3/h7-8,10-11,16-17,19-20,25-27,30,52-54,58-59H,4-6,9,12-15,18,21-24,28-29,31-51H2,1-3H3,(H,57,60)/b10-7+,11-8+,19-16+,20-17+,27-25+,30-26+. The van der Waals surface area contributed by atoms with Gasteiger partial charge in [-0.2, -0.15) is 0 Å². The number of allylic oxidation sites excluding steroid dienone is 12. The maximum absolute atomic E-state index is 13.2. The summed E-state index contributed by atoms with van der Waals surface area (Å²) in [6.07, 6.45) is 62.4. The summed E-state index contributed by atoms with van der Waals surface area (Å²) in [6, 6.07) is -0.714. The fraction of sp³-hybridized carbons (Fsp3) is 0.750. The van der Waals surface area contributed by atoms with Gasteiger partial charge >= 0.3 is 5.97 Å². The minimum Gasteiger partial charge on any atom is -0.462 e. The van der Waals surface area contributed by atoms with E-state index in [1.54, 1.807) is 0 Å². The van der Waals surface area contributed by atoms with Gasteiger partial charge < -0.3 is 20.3 Å². The van der Waals surface area contributed by atoms with Crippen molar-refractivity contribution in [2.75, 3.05) is 6.61 Å². The Kier molecular flexibility index (Phi) is 47.2. The average Bonchev–Trinajstić information content (AvgIpc) is 3.26. The average molecular weight is 866 g/mol. The topological polar surface area (TPSA) is 95.9 Å². The Balaban J connectivity index is 4.63. The van der Waals surface area contributed by atoms with Crippen LogP contribution in [0.2, 0.25) is 0 Å². The fourth-order valence-corrected chi connectivity index (χ4v) is 7.64. The van der Waals surface area contributed by atoms with Gasteiger partial charge in [-0.25, -0.2) is 0 Å². The number of hydrogen-bond acceptors (Lipinski definition) is 5. The summed E-state index contributed by atoms with van der Waals surface area (Å²) in [5, 5.41) is 23.8. The molecule has 0 fully saturated rings. The summed E-state index contributed by atoms with van der Waals surface area (Å²) in [5.74, 6) is -0.511. The third kappa shape index (κ3) is 43.9. The number of amides is 1.